The Bertz CT molecular complexity index is 1190. The van der Waals surface area contributed by atoms with Crippen LogP contribution in [-0.2, 0) is 4.79 Å². The maximum absolute atomic E-state index is 12.1. The van der Waals surface area contributed by atoms with Gasteiger partial charge in [-0.05, 0) is 54.6 Å². The van der Waals surface area contributed by atoms with Crippen molar-refractivity contribution in [2.75, 3.05) is 26.1 Å². The number of hydrogen-bond donors (Lipinski definition) is 1. The highest BCUT2D eigenvalue weighted by Crippen LogP contribution is 2.32. The molecule has 0 saturated carbocycles. The van der Waals surface area contributed by atoms with E-state index in [1.54, 1.807) is 62.8 Å². The van der Waals surface area contributed by atoms with Crippen LogP contribution in [0.4, 0.5) is 5.69 Å². The molecular weight excluding hydrogens is 410 g/mol. The van der Waals surface area contributed by atoms with Crippen molar-refractivity contribution in [3.63, 3.8) is 0 Å². The predicted molar refractivity (Wildman–Crippen MR) is 119 cm³/mol. The molecule has 0 bridgehead atoms. The van der Waals surface area contributed by atoms with Crippen LogP contribution >= 0.6 is 0 Å². The number of nitrogens with one attached hydrogen (secondary N) is 1. The first-order valence-corrected chi connectivity index (χ1v) is 9.80. The largest absolute Gasteiger partial charge is 0.493 e. The zero-order valence-corrected chi connectivity index (χ0v) is 17.6. The highest BCUT2D eigenvalue weighted by atomic mass is 16.5. The molecule has 1 aromatic heterocycles. The summed E-state index contributed by atoms with van der Waals surface area (Å²) in [5.41, 5.74) is 2.10. The van der Waals surface area contributed by atoms with E-state index < -0.39 is 0 Å². The minimum atomic E-state index is -0.255. The fourth-order valence-corrected chi connectivity index (χ4v) is 2.99. The molecular formula is C24H21N3O5. The monoisotopic (exact) mass is 431 g/mol. The summed E-state index contributed by atoms with van der Waals surface area (Å²) in [6.07, 6.45) is 0. The Morgan fingerprint density at radius 2 is 1.62 bits per heavy atom. The normalized spacial score (nSPS) is 10.4. The Hall–Kier alpha value is -4.33. The Kier molecular flexibility index (Phi) is 6.31. The highest BCUT2D eigenvalue weighted by molar-refractivity contribution is 5.92. The Morgan fingerprint density at radius 3 is 2.34 bits per heavy atom. The Morgan fingerprint density at radius 1 is 0.906 bits per heavy atom. The van der Waals surface area contributed by atoms with E-state index in [4.69, 9.17) is 18.7 Å². The van der Waals surface area contributed by atoms with Crippen LogP contribution in [0, 0.1) is 0 Å². The zero-order valence-electron chi connectivity index (χ0n) is 17.6. The summed E-state index contributed by atoms with van der Waals surface area (Å²) in [5, 5.41) is 6.84. The number of carbonyl (C=O) groups excluding carboxylic acids is 1. The number of ether oxygens (including phenoxy) is 3. The molecule has 0 aliphatic rings. The smallest absolute Gasteiger partial charge is 0.262 e. The van der Waals surface area contributed by atoms with Crippen molar-refractivity contribution < 1.29 is 23.5 Å². The molecule has 8 heteroatoms. The van der Waals surface area contributed by atoms with Crippen molar-refractivity contribution in [1.29, 1.82) is 0 Å². The van der Waals surface area contributed by atoms with Crippen molar-refractivity contribution in [1.82, 2.24) is 10.1 Å². The van der Waals surface area contributed by atoms with Crippen LogP contribution in [0.15, 0.2) is 77.3 Å². The Balaban J connectivity index is 1.40. The quantitative estimate of drug-likeness (QED) is 0.441. The average Bonchev–Trinajstić information content (AvgIpc) is 3.34. The van der Waals surface area contributed by atoms with Gasteiger partial charge in [-0.3, -0.25) is 4.79 Å². The number of carbonyl (C=O) groups is 1. The maximum Gasteiger partial charge on any atom is 0.262 e. The minimum Gasteiger partial charge on any atom is -0.493 e. The fraction of sp³-hybridized carbons (Fsp3) is 0.125. The highest BCUT2D eigenvalue weighted by Gasteiger charge is 2.13. The summed E-state index contributed by atoms with van der Waals surface area (Å²) in [6.45, 7) is -0.0793. The van der Waals surface area contributed by atoms with Crippen LogP contribution in [0.1, 0.15) is 0 Å². The molecule has 0 aliphatic heterocycles. The van der Waals surface area contributed by atoms with E-state index in [2.05, 4.69) is 15.5 Å². The molecule has 3 aromatic carbocycles. The second kappa shape index (κ2) is 9.65. The number of anilines is 1. The Labute approximate surface area is 184 Å². The molecule has 32 heavy (non-hydrogen) atoms. The van der Waals surface area contributed by atoms with Gasteiger partial charge in [-0.15, -0.1) is 0 Å². The maximum atomic E-state index is 12.1. The lowest BCUT2D eigenvalue weighted by Crippen LogP contribution is -2.20. The summed E-state index contributed by atoms with van der Waals surface area (Å²) in [6, 6.07) is 21.7. The van der Waals surface area contributed by atoms with Crippen LogP contribution in [-0.4, -0.2) is 36.9 Å². The first-order chi connectivity index (χ1) is 15.7. The van der Waals surface area contributed by atoms with Gasteiger partial charge in [-0.1, -0.05) is 23.4 Å². The predicted octanol–water partition coefficient (Wildman–Crippen LogP) is 4.44. The van der Waals surface area contributed by atoms with E-state index in [9.17, 15) is 4.79 Å². The second-order valence-corrected chi connectivity index (χ2v) is 6.72. The van der Waals surface area contributed by atoms with Crippen molar-refractivity contribution in [3.05, 3.63) is 72.8 Å². The molecule has 4 rings (SSSR count). The molecule has 4 aromatic rings. The van der Waals surface area contributed by atoms with Crippen LogP contribution in [0.25, 0.3) is 22.8 Å². The zero-order chi connectivity index (χ0) is 22.3. The van der Waals surface area contributed by atoms with E-state index in [-0.39, 0.29) is 12.5 Å². The number of nitrogens with zero attached hydrogens (tertiary/aromatic N) is 2. The molecule has 0 radical (unpaired) electrons. The van der Waals surface area contributed by atoms with Gasteiger partial charge < -0.3 is 24.1 Å². The van der Waals surface area contributed by atoms with E-state index >= 15 is 0 Å². The van der Waals surface area contributed by atoms with Gasteiger partial charge in [-0.2, -0.15) is 4.98 Å². The van der Waals surface area contributed by atoms with Crippen molar-refractivity contribution in [3.8, 4) is 40.1 Å². The van der Waals surface area contributed by atoms with Crippen LogP contribution < -0.4 is 19.5 Å². The lowest BCUT2D eigenvalue weighted by Gasteiger charge is -2.07. The molecule has 162 valence electrons. The molecule has 0 atom stereocenters. The fourth-order valence-electron chi connectivity index (χ4n) is 2.99. The molecule has 0 spiro atoms. The second-order valence-electron chi connectivity index (χ2n) is 6.72. The summed E-state index contributed by atoms with van der Waals surface area (Å²) in [4.78, 5) is 16.6. The van der Waals surface area contributed by atoms with Crippen LogP contribution in [0.3, 0.4) is 0 Å². The van der Waals surface area contributed by atoms with Gasteiger partial charge in [0.2, 0.25) is 5.82 Å². The summed E-state index contributed by atoms with van der Waals surface area (Å²) in [5.74, 6) is 2.37. The first kappa shape index (κ1) is 20.9. The topological polar surface area (TPSA) is 95.7 Å². The summed E-state index contributed by atoms with van der Waals surface area (Å²) in [7, 11) is 3.14. The van der Waals surface area contributed by atoms with Gasteiger partial charge in [0.1, 0.15) is 5.75 Å². The van der Waals surface area contributed by atoms with Crippen molar-refractivity contribution in [2.24, 2.45) is 0 Å². The van der Waals surface area contributed by atoms with E-state index in [1.807, 2.05) is 24.3 Å². The van der Waals surface area contributed by atoms with Gasteiger partial charge in [0.25, 0.3) is 11.8 Å². The SMILES string of the molecule is COc1ccc(-c2noc(-c3ccc(NC(=O)COc4ccccc4)cc3)n2)cc1OC. The van der Waals surface area contributed by atoms with Crippen LogP contribution in [0.5, 0.6) is 17.2 Å². The number of aromatic nitrogens is 2. The molecule has 0 unspecified atom stereocenters. The molecule has 1 heterocycles. The van der Waals surface area contributed by atoms with E-state index in [1.165, 1.54) is 0 Å². The average molecular weight is 431 g/mol. The van der Waals surface area contributed by atoms with Gasteiger partial charge in [-0.25, -0.2) is 0 Å². The van der Waals surface area contributed by atoms with Gasteiger partial charge in [0, 0.05) is 16.8 Å². The standard InChI is InChI=1S/C24H21N3O5/c1-29-20-13-10-17(14-21(20)30-2)23-26-24(32-27-23)16-8-11-18(12-9-16)25-22(28)15-31-19-6-4-3-5-7-19/h3-14H,15H2,1-2H3,(H,25,28). The summed E-state index contributed by atoms with van der Waals surface area (Å²) < 4.78 is 21.4. The molecule has 0 saturated heterocycles. The van der Waals surface area contributed by atoms with E-state index in [0.29, 0.717) is 34.7 Å². The van der Waals surface area contributed by atoms with Gasteiger partial charge in [0.15, 0.2) is 18.1 Å². The van der Waals surface area contributed by atoms with Crippen molar-refractivity contribution in [2.45, 2.75) is 0 Å². The number of rotatable bonds is 8. The third-order valence-electron chi connectivity index (χ3n) is 4.60. The number of amides is 1. The number of para-hydroxylation sites is 1. The number of benzene rings is 3. The van der Waals surface area contributed by atoms with Gasteiger partial charge in [0.05, 0.1) is 14.2 Å². The number of methoxy groups -OCH3 is 2. The van der Waals surface area contributed by atoms with Crippen molar-refractivity contribution >= 4 is 11.6 Å². The molecule has 1 amide bonds. The number of hydrogen-bond acceptors (Lipinski definition) is 7. The lowest BCUT2D eigenvalue weighted by molar-refractivity contribution is -0.118. The van der Waals surface area contributed by atoms with Crippen LogP contribution in [0.2, 0.25) is 0 Å². The molecule has 1 N–H and O–H groups in total. The molecule has 0 fully saturated rings. The first-order valence-electron chi connectivity index (χ1n) is 9.80. The molecule has 8 nitrogen and oxygen atoms in total. The van der Waals surface area contributed by atoms with E-state index in [0.717, 1.165) is 11.1 Å². The minimum absolute atomic E-state index is 0.0793. The summed E-state index contributed by atoms with van der Waals surface area (Å²) >= 11 is 0. The third-order valence-corrected chi connectivity index (χ3v) is 4.60. The van der Waals surface area contributed by atoms with Gasteiger partial charge >= 0.3 is 0 Å². The third kappa shape index (κ3) is 4.86. The molecule has 0 aliphatic carbocycles. The lowest BCUT2D eigenvalue weighted by atomic mass is 10.2.